The summed E-state index contributed by atoms with van der Waals surface area (Å²) in [5.74, 6) is 0.276. The predicted octanol–water partition coefficient (Wildman–Crippen LogP) is 3.88. The molecule has 0 bridgehead atoms. The second-order valence-electron chi connectivity index (χ2n) is 7.74. The fourth-order valence-electron chi connectivity index (χ4n) is 2.80. The molecule has 0 saturated carbocycles. The lowest BCUT2D eigenvalue weighted by Crippen LogP contribution is -2.27. The van der Waals surface area contributed by atoms with E-state index in [1.807, 2.05) is 62.0 Å². The zero-order valence-corrected chi connectivity index (χ0v) is 17.1. The minimum absolute atomic E-state index is 0.100. The molecule has 1 heterocycles. The minimum Gasteiger partial charge on any atom is -0.482 e. The number of aromatic nitrogens is 2. The molecule has 3 aromatic rings. The van der Waals surface area contributed by atoms with Crippen molar-refractivity contribution in [3.8, 4) is 11.4 Å². The van der Waals surface area contributed by atoms with Crippen LogP contribution in [0, 0.1) is 0 Å². The first kappa shape index (κ1) is 20.6. The Morgan fingerprint density at radius 3 is 2.48 bits per heavy atom. The van der Waals surface area contributed by atoms with Crippen LogP contribution in [0.15, 0.2) is 67.0 Å². The van der Waals surface area contributed by atoms with Gasteiger partial charge in [-0.25, -0.2) is 9.48 Å². The maximum atomic E-state index is 11.8. The SMILES string of the molecule is CC(C)(C)OC(=O)COc1cccc(CNCc2ccc(-n3cccn3)cc2)c1. The predicted molar refractivity (Wildman–Crippen MR) is 112 cm³/mol. The summed E-state index contributed by atoms with van der Waals surface area (Å²) in [7, 11) is 0. The largest absolute Gasteiger partial charge is 0.482 e. The zero-order valence-electron chi connectivity index (χ0n) is 17.1. The molecule has 0 amide bonds. The highest BCUT2D eigenvalue weighted by molar-refractivity contribution is 5.71. The number of ether oxygens (including phenoxy) is 2. The summed E-state index contributed by atoms with van der Waals surface area (Å²) in [6.45, 7) is 6.86. The van der Waals surface area contributed by atoms with Gasteiger partial charge in [-0.2, -0.15) is 5.10 Å². The second kappa shape index (κ2) is 9.39. The van der Waals surface area contributed by atoms with E-state index < -0.39 is 5.60 Å². The lowest BCUT2D eigenvalue weighted by Gasteiger charge is -2.19. The van der Waals surface area contributed by atoms with E-state index in [4.69, 9.17) is 9.47 Å². The molecule has 1 N–H and O–H groups in total. The average Bonchev–Trinajstić information content (AvgIpc) is 3.21. The van der Waals surface area contributed by atoms with Gasteiger partial charge in [-0.3, -0.25) is 0 Å². The number of carbonyl (C=O) groups is 1. The van der Waals surface area contributed by atoms with Gasteiger partial charge in [0.15, 0.2) is 6.61 Å². The van der Waals surface area contributed by atoms with Crippen LogP contribution in [0.5, 0.6) is 5.75 Å². The number of benzene rings is 2. The highest BCUT2D eigenvalue weighted by atomic mass is 16.6. The molecule has 1 aromatic heterocycles. The van der Waals surface area contributed by atoms with Crippen molar-refractivity contribution in [2.45, 2.75) is 39.5 Å². The van der Waals surface area contributed by atoms with Crippen LogP contribution in [0.25, 0.3) is 5.69 Å². The summed E-state index contributed by atoms with van der Waals surface area (Å²) >= 11 is 0. The third-order valence-corrected chi connectivity index (χ3v) is 4.04. The fraction of sp³-hybridized carbons (Fsp3) is 0.304. The van der Waals surface area contributed by atoms with Gasteiger partial charge in [-0.1, -0.05) is 24.3 Å². The van der Waals surface area contributed by atoms with Gasteiger partial charge in [0.25, 0.3) is 0 Å². The molecule has 29 heavy (non-hydrogen) atoms. The number of carbonyl (C=O) groups excluding carboxylic acids is 1. The van der Waals surface area contributed by atoms with Gasteiger partial charge in [-0.05, 0) is 62.2 Å². The summed E-state index contributed by atoms with van der Waals surface area (Å²) in [4.78, 5) is 11.8. The highest BCUT2D eigenvalue weighted by Gasteiger charge is 2.16. The summed E-state index contributed by atoms with van der Waals surface area (Å²) < 4.78 is 12.6. The molecule has 0 aliphatic carbocycles. The lowest BCUT2D eigenvalue weighted by atomic mass is 10.2. The van der Waals surface area contributed by atoms with Crippen LogP contribution in [0.3, 0.4) is 0 Å². The van der Waals surface area contributed by atoms with Gasteiger partial charge in [0.05, 0.1) is 5.69 Å². The first-order chi connectivity index (χ1) is 13.9. The Balaban J connectivity index is 1.46. The van der Waals surface area contributed by atoms with E-state index in [1.54, 1.807) is 6.20 Å². The molecular weight excluding hydrogens is 366 g/mol. The first-order valence-electron chi connectivity index (χ1n) is 9.62. The van der Waals surface area contributed by atoms with Crippen molar-refractivity contribution in [1.29, 1.82) is 0 Å². The molecule has 3 rings (SSSR count). The van der Waals surface area contributed by atoms with Crippen LogP contribution in [0.4, 0.5) is 0 Å². The van der Waals surface area contributed by atoms with E-state index in [1.165, 1.54) is 5.56 Å². The molecule has 0 spiro atoms. The van der Waals surface area contributed by atoms with E-state index in [-0.39, 0.29) is 12.6 Å². The van der Waals surface area contributed by atoms with Crippen molar-refractivity contribution in [2.75, 3.05) is 6.61 Å². The molecule has 0 saturated heterocycles. The summed E-state index contributed by atoms with van der Waals surface area (Å²) in [6, 6.07) is 17.9. The quantitative estimate of drug-likeness (QED) is 0.589. The third kappa shape index (κ3) is 6.76. The maximum absolute atomic E-state index is 11.8. The third-order valence-electron chi connectivity index (χ3n) is 4.04. The number of nitrogens with one attached hydrogen (secondary N) is 1. The van der Waals surface area contributed by atoms with E-state index in [0.29, 0.717) is 12.3 Å². The van der Waals surface area contributed by atoms with Crippen molar-refractivity contribution in [3.63, 3.8) is 0 Å². The van der Waals surface area contributed by atoms with E-state index in [9.17, 15) is 4.79 Å². The Morgan fingerprint density at radius 1 is 1.03 bits per heavy atom. The molecule has 0 unspecified atom stereocenters. The number of rotatable bonds is 8. The van der Waals surface area contributed by atoms with Gasteiger partial charge in [-0.15, -0.1) is 0 Å². The monoisotopic (exact) mass is 393 g/mol. The Labute approximate surface area is 171 Å². The van der Waals surface area contributed by atoms with Crippen LogP contribution >= 0.6 is 0 Å². The van der Waals surface area contributed by atoms with Gasteiger partial charge in [0.1, 0.15) is 11.4 Å². The summed E-state index contributed by atoms with van der Waals surface area (Å²) in [5.41, 5.74) is 2.80. The van der Waals surface area contributed by atoms with Crippen LogP contribution in [-0.2, 0) is 22.6 Å². The molecule has 6 nitrogen and oxygen atoms in total. The average molecular weight is 393 g/mol. The lowest BCUT2D eigenvalue weighted by molar-refractivity contribution is -0.157. The topological polar surface area (TPSA) is 65.4 Å². The summed E-state index contributed by atoms with van der Waals surface area (Å²) in [6.07, 6.45) is 3.69. The Bertz CT molecular complexity index is 913. The molecule has 0 atom stereocenters. The first-order valence-corrected chi connectivity index (χ1v) is 9.62. The normalized spacial score (nSPS) is 11.3. The fourth-order valence-corrected chi connectivity index (χ4v) is 2.80. The van der Waals surface area contributed by atoms with Crippen LogP contribution in [0.2, 0.25) is 0 Å². The highest BCUT2D eigenvalue weighted by Crippen LogP contribution is 2.15. The van der Waals surface area contributed by atoms with Gasteiger partial charge in [0.2, 0.25) is 0 Å². The number of hydrogen-bond donors (Lipinski definition) is 1. The standard InChI is InChI=1S/C23H27N3O3/c1-23(2,3)29-22(27)17-28-21-7-4-6-19(14-21)16-24-15-18-8-10-20(11-9-18)26-13-5-12-25-26/h4-14,24H,15-17H2,1-3H3. The van der Waals surface area contributed by atoms with Crippen molar-refractivity contribution >= 4 is 5.97 Å². The van der Waals surface area contributed by atoms with Gasteiger partial charge < -0.3 is 14.8 Å². The number of hydrogen-bond acceptors (Lipinski definition) is 5. The zero-order chi connectivity index (χ0) is 20.7. The Kier molecular flexibility index (Phi) is 6.67. The van der Waals surface area contributed by atoms with Crippen LogP contribution < -0.4 is 10.1 Å². The molecule has 0 radical (unpaired) electrons. The smallest absolute Gasteiger partial charge is 0.344 e. The summed E-state index contributed by atoms with van der Waals surface area (Å²) in [5, 5.41) is 7.66. The molecule has 0 aliphatic rings. The molecule has 0 fully saturated rings. The number of esters is 1. The van der Waals surface area contributed by atoms with Crippen LogP contribution in [-0.4, -0.2) is 28.0 Å². The van der Waals surface area contributed by atoms with E-state index in [0.717, 1.165) is 17.8 Å². The molecule has 6 heteroatoms. The maximum Gasteiger partial charge on any atom is 0.344 e. The molecular formula is C23H27N3O3. The van der Waals surface area contributed by atoms with E-state index in [2.05, 4.69) is 34.7 Å². The van der Waals surface area contributed by atoms with Crippen molar-refractivity contribution in [2.24, 2.45) is 0 Å². The Morgan fingerprint density at radius 2 is 1.79 bits per heavy atom. The number of nitrogens with zero attached hydrogens (tertiary/aromatic N) is 2. The minimum atomic E-state index is -0.511. The van der Waals surface area contributed by atoms with Gasteiger partial charge in [0, 0.05) is 25.5 Å². The van der Waals surface area contributed by atoms with Gasteiger partial charge >= 0.3 is 5.97 Å². The molecule has 0 aliphatic heterocycles. The Hall–Kier alpha value is -3.12. The van der Waals surface area contributed by atoms with Crippen molar-refractivity contribution < 1.29 is 14.3 Å². The second-order valence-corrected chi connectivity index (χ2v) is 7.74. The van der Waals surface area contributed by atoms with Crippen molar-refractivity contribution in [3.05, 3.63) is 78.1 Å². The molecule has 2 aromatic carbocycles. The van der Waals surface area contributed by atoms with E-state index >= 15 is 0 Å². The molecule has 152 valence electrons. The van der Waals surface area contributed by atoms with Crippen molar-refractivity contribution in [1.82, 2.24) is 15.1 Å². The van der Waals surface area contributed by atoms with Crippen LogP contribution in [0.1, 0.15) is 31.9 Å².